The van der Waals surface area contributed by atoms with E-state index in [1.54, 1.807) is 12.1 Å². The molecule has 0 saturated heterocycles. The van der Waals surface area contributed by atoms with Gasteiger partial charge in [0.1, 0.15) is 5.82 Å². The first kappa shape index (κ1) is 23.4. The number of halogens is 2. The van der Waals surface area contributed by atoms with Gasteiger partial charge in [0.25, 0.3) is 5.89 Å². The first-order valence-electron chi connectivity index (χ1n) is 10.7. The largest absolute Gasteiger partial charge is 0.382 e. The van der Waals surface area contributed by atoms with Gasteiger partial charge in [-0.1, -0.05) is 41.0 Å². The Morgan fingerprint density at radius 1 is 1.24 bits per heavy atom. The molecule has 0 radical (unpaired) electrons. The Kier molecular flexibility index (Phi) is 7.37. The maximum atomic E-state index is 13.7. The number of hydrogen-bond donors (Lipinski definition) is 1. The molecule has 1 aliphatic rings. The van der Waals surface area contributed by atoms with Crippen LogP contribution in [0.3, 0.4) is 0 Å². The molecule has 1 aliphatic heterocycles. The molecule has 0 fully saturated rings. The molecule has 6 nitrogen and oxygen atoms in total. The maximum Gasteiger partial charge on any atom is 0.258 e. The van der Waals surface area contributed by atoms with E-state index in [4.69, 9.17) is 33.1 Å². The first-order chi connectivity index (χ1) is 16.0. The van der Waals surface area contributed by atoms with Crippen LogP contribution >= 0.6 is 23.8 Å². The SMILES string of the molecule is CCOCCCN1C(=S)NC(c2cccc(Cl)c2)C(c2nc(-c3cccc(F)c3)no2)=C1C. The van der Waals surface area contributed by atoms with Gasteiger partial charge in [-0.15, -0.1) is 0 Å². The smallest absolute Gasteiger partial charge is 0.258 e. The van der Waals surface area contributed by atoms with Crippen molar-refractivity contribution in [3.63, 3.8) is 0 Å². The van der Waals surface area contributed by atoms with E-state index in [1.807, 2.05) is 43.0 Å². The molecular formula is C24H24ClFN4O2S. The van der Waals surface area contributed by atoms with Crippen LogP contribution in [0, 0.1) is 5.82 Å². The number of nitrogens with one attached hydrogen (secondary N) is 1. The number of nitrogens with zero attached hydrogens (tertiary/aromatic N) is 3. The number of aromatic nitrogens is 2. The van der Waals surface area contributed by atoms with Gasteiger partial charge in [0.2, 0.25) is 5.82 Å². The van der Waals surface area contributed by atoms with Crippen LogP contribution < -0.4 is 5.32 Å². The van der Waals surface area contributed by atoms with E-state index < -0.39 is 0 Å². The van der Waals surface area contributed by atoms with E-state index in [2.05, 4.69) is 15.5 Å². The molecule has 1 N–H and O–H groups in total. The van der Waals surface area contributed by atoms with Gasteiger partial charge in [0.15, 0.2) is 5.11 Å². The highest BCUT2D eigenvalue weighted by atomic mass is 35.5. The third-order valence-corrected chi connectivity index (χ3v) is 5.97. The lowest BCUT2D eigenvalue weighted by molar-refractivity contribution is 0.141. The van der Waals surface area contributed by atoms with Gasteiger partial charge in [0, 0.05) is 36.0 Å². The topological polar surface area (TPSA) is 63.4 Å². The van der Waals surface area contributed by atoms with Crippen molar-refractivity contribution in [1.82, 2.24) is 20.4 Å². The second-order valence-corrected chi connectivity index (χ2v) is 8.40. The molecular weight excluding hydrogens is 463 g/mol. The zero-order valence-corrected chi connectivity index (χ0v) is 19.9. The van der Waals surface area contributed by atoms with Crippen molar-refractivity contribution in [2.24, 2.45) is 0 Å². The van der Waals surface area contributed by atoms with E-state index in [0.717, 1.165) is 23.3 Å². The normalized spacial score (nSPS) is 16.3. The molecule has 2 aromatic carbocycles. The average molecular weight is 487 g/mol. The Morgan fingerprint density at radius 3 is 2.82 bits per heavy atom. The van der Waals surface area contributed by atoms with Gasteiger partial charge in [-0.2, -0.15) is 4.98 Å². The number of thiocarbonyl (C=S) groups is 1. The van der Waals surface area contributed by atoms with Crippen LogP contribution in [0.15, 0.2) is 58.8 Å². The highest BCUT2D eigenvalue weighted by molar-refractivity contribution is 7.80. The van der Waals surface area contributed by atoms with Gasteiger partial charge in [-0.05, 0) is 62.3 Å². The van der Waals surface area contributed by atoms with Crippen molar-refractivity contribution in [2.75, 3.05) is 19.8 Å². The summed E-state index contributed by atoms with van der Waals surface area (Å²) in [4.78, 5) is 6.60. The molecule has 0 bridgehead atoms. The van der Waals surface area contributed by atoms with Crippen LogP contribution in [0.1, 0.15) is 37.8 Å². The van der Waals surface area contributed by atoms with Crippen molar-refractivity contribution in [1.29, 1.82) is 0 Å². The highest BCUT2D eigenvalue weighted by Crippen LogP contribution is 2.38. The van der Waals surface area contributed by atoms with Crippen molar-refractivity contribution in [3.8, 4) is 11.4 Å². The maximum absolute atomic E-state index is 13.7. The Bertz CT molecular complexity index is 1180. The fourth-order valence-corrected chi connectivity index (χ4v) is 4.36. The summed E-state index contributed by atoms with van der Waals surface area (Å²) in [7, 11) is 0. The van der Waals surface area contributed by atoms with Crippen LogP contribution in [0.5, 0.6) is 0 Å². The minimum absolute atomic E-state index is 0.311. The van der Waals surface area contributed by atoms with Crippen molar-refractivity contribution in [2.45, 2.75) is 26.3 Å². The second-order valence-electron chi connectivity index (χ2n) is 7.57. The average Bonchev–Trinajstić information content (AvgIpc) is 3.28. The van der Waals surface area contributed by atoms with Crippen LogP contribution in [-0.4, -0.2) is 39.9 Å². The van der Waals surface area contributed by atoms with Crippen molar-refractivity contribution < 1.29 is 13.7 Å². The minimum Gasteiger partial charge on any atom is -0.382 e. The number of benzene rings is 2. The lowest BCUT2D eigenvalue weighted by atomic mass is 9.94. The summed E-state index contributed by atoms with van der Waals surface area (Å²) in [6.07, 6.45) is 0.806. The van der Waals surface area contributed by atoms with Crippen LogP contribution in [-0.2, 0) is 4.74 Å². The molecule has 1 aromatic heterocycles. The number of hydrogen-bond acceptors (Lipinski definition) is 5. The van der Waals surface area contributed by atoms with Crippen LogP contribution in [0.2, 0.25) is 5.02 Å². The molecule has 0 amide bonds. The fraction of sp³-hybridized carbons (Fsp3) is 0.292. The third kappa shape index (κ3) is 5.24. The quantitative estimate of drug-likeness (QED) is 0.327. The zero-order valence-electron chi connectivity index (χ0n) is 18.3. The number of ether oxygens (including phenoxy) is 1. The predicted octanol–water partition coefficient (Wildman–Crippen LogP) is 5.62. The lowest BCUT2D eigenvalue weighted by Crippen LogP contribution is -2.46. The molecule has 0 aliphatic carbocycles. The zero-order chi connectivity index (χ0) is 23.4. The van der Waals surface area contributed by atoms with Crippen molar-refractivity contribution >= 4 is 34.5 Å². The molecule has 33 heavy (non-hydrogen) atoms. The summed E-state index contributed by atoms with van der Waals surface area (Å²) < 4.78 is 24.9. The van der Waals surface area contributed by atoms with Gasteiger partial charge < -0.3 is 19.5 Å². The standard InChI is InChI=1S/C24H24ClFN4O2S/c1-3-31-12-6-11-30-15(2)20(21(27-24(30)33)16-7-4-9-18(25)13-16)23-28-22(29-32-23)17-8-5-10-19(26)14-17/h4-5,7-10,13-14,21H,3,6,11-12H2,1-2H3,(H,27,33). The second kappa shape index (κ2) is 10.4. The molecule has 3 aromatic rings. The summed E-state index contributed by atoms with van der Waals surface area (Å²) in [5.41, 5.74) is 3.14. The van der Waals surface area contributed by atoms with E-state index in [0.29, 0.717) is 47.2 Å². The number of allylic oxidation sites excluding steroid dienone is 1. The molecule has 0 spiro atoms. The molecule has 9 heteroatoms. The summed E-state index contributed by atoms with van der Waals surface area (Å²) in [5.74, 6) is 0.281. The van der Waals surface area contributed by atoms with Crippen LogP contribution in [0.25, 0.3) is 17.0 Å². The summed E-state index contributed by atoms with van der Waals surface area (Å²) in [6.45, 7) is 5.93. The van der Waals surface area contributed by atoms with Gasteiger partial charge in [-0.25, -0.2) is 4.39 Å². The molecule has 4 rings (SSSR count). The Hall–Kier alpha value is -2.81. The first-order valence-corrected chi connectivity index (χ1v) is 11.5. The predicted molar refractivity (Wildman–Crippen MR) is 130 cm³/mol. The van der Waals surface area contributed by atoms with E-state index in [1.165, 1.54) is 12.1 Å². The van der Waals surface area contributed by atoms with E-state index >= 15 is 0 Å². The van der Waals surface area contributed by atoms with Crippen LogP contribution in [0.4, 0.5) is 4.39 Å². The highest BCUT2D eigenvalue weighted by Gasteiger charge is 2.34. The Labute approximate surface area is 202 Å². The third-order valence-electron chi connectivity index (χ3n) is 5.39. The molecule has 0 saturated carbocycles. The molecule has 1 unspecified atom stereocenters. The number of rotatable bonds is 8. The molecule has 2 heterocycles. The summed E-state index contributed by atoms with van der Waals surface area (Å²) in [6, 6.07) is 13.3. The molecule has 172 valence electrons. The van der Waals surface area contributed by atoms with Crippen molar-refractivity contribution in [3.05, 3.63) is 76.5 Å². The van der Waals surface area contributed by atoms with E-state index in [-0.39, 0.29) is 11.9 Å². The van der Waals surface area contributed by atoms with Gasteiger partial charge in [0.05, 0.1) is 11.6 Å². The lowest BCUT2D eigenvalue weighted by Gasteiger charge is -2.37. The van der Waals surface area contributed by atoms with Gasteiger partial charge in [-0.3, -0.25) is 0 Å². The molecule has 1 atom stereocenters. The fourth-order valence-electron chi connectivity index (χ4n) is 3.81. The Morgan fingerprint density at radius 2 is 2.06 bits per heavy atom. The van der Waals surface area contributed by atoms with E-state index in [9.17, 15) is 4.39 Å². The monoisotopic (exact) mass is 486 g/mol. The summed E-state index contributed by atoms with van der Waals surface area (Å²) in [5, 5.41) is 8.71. The van der Waals surface area contributed by atoms with Gasteiger partial charge >= 0.3 is 0 Å². The summed E-state index contributed by atoms with van der Waals surface area (Å²) >= 11 is 12.0. The Balaban J connectivity index is 1.75. The minimum atomic E-state index is -0.365.